The molecule has 0 saturated heterocycles. The molecule has 0 rings (SSSR count). The van der Waals surface area contributed by atoms with Crippen LogP contribution < -0.4 is 0 Å². The second-order valence-electron chi connectivity index (χ2n) is 3.35. The summed E-state index contributed by atoms with van der Waals surface area (Å²) in [7, 11) is 0. The fraction of sp³-hybridized carbons (Fsp3) is 0.667. The fourth-order valence-electron chi connectivity index (χ4n) is 1.21. The predicted molar refractivity (Wildman–Crippen MR) is 70.1 cm³/mol. The van der Waals surface area contributed by atoms with Crippen LogP contribution in [0.4, 0.5) is 0 Å². The third-order valence-electron chi connectivity index (χ3n) is 2.13. The van der Waals surface area contributed by atoms with E-state index >= 15 is 0 Å². The molecule has 15 heavy (non-hydrogen) atoms. The molecule has 0 spiro atoms. The van der Waals surface area contributed by atoms with Crippen molar-refractivity contribution < 1.29 is 0 Å². The van der Waals surface area contributed by atoms with Gasteiger partial charge in [-0.1, -0.05) is 0 Å². The van der Waals surface area contributed by atoms with Crippen LogP contribution in [0.3, 0.4) is 0 Å². The summed E-state index contributed by atoms with van der Waals surface area (Å²) in [6.07, 6.45) is 3.49. The maximum atomic E-state index is 8.59. The zero-order valence-corrected chi connectivity index (χ0v) is 12.4. The predicted octanol–water partition coefficient (Wildman–Crippen LogP) is 3.90. The van der Waals surface area contributed by atoms with Crippen molar-refractivity contribution in [3.63, 3.8) is 0 Å². The van der Waals surface area contributed by atoms with E-state index in [4.69, 9.17) is 15.8 Å². The Morgan fingerprint density at radius 1 is 0.733 bits per heavy atom. The zero-order chi connectivity index (χ0) is 11.8. The Bertz CT molecular complexity index is 282. The van der Waals surface area contributed by atoms with Crippen molar-refractivity contribution in [2.24, 2.45) is 0 Å². The van der Waals surface area contributed by atoms with Gasteiger partial charge in [0, 0.05) is 0 Å². The first-order valence-corrected chi connectivity index (χ1v) is 11.3. The molecule has 0 aromatic heterocycles. The van der Waals surface area contributed by atoms with Gasteiger partial charge in [-0.15, -0.1) is 0 Å². The Hall–Kier alpha value is -0.140. The Morgan fingerprint density at radius 2 is 1.00 bits per heavy atom. The van der Waals surface area contributed by atoms with E-state index in [1.807, 2.05) is 0 Å². The molecule has 0 aromatic rings. The maximum absolute atomic E-state index is 8.59. The van der Waals surface area contributed by atoms with Gasteiger partial charge in [0.15, 0.2) is 0 Å². The SMILES string of the molecule is N#CCCP(Br)(Br)(CCC#N)CCC#N. The number of nitrogens with zero attached hydrogens (tertiary/aromatic N) is 3. The Balaban J connectivity index is 4.59. The topological polar surface area (TPSA) is 71.4 Å². The van der Waals surface area contributed by atoms with Gasteiger partial charge < -0.3 is 0 Å². The molecule has 0 heterocycles. The Kier molecular flexibility index (Phi) is 6.38. The molecule has 0 amide bonds. The molecule has 0 saturated carbocycles. The van der Waals surface area contributed by atoms with Crippen LogP contribution in [0.2, 0.25) is 0 Å². The fourth-order valence-corrected chi connectivity index (χ4v) is 6.83. The van der Waals surface area contributed by atoms with Crippen molar-refractivity contribution in [1.82, 2.24) is 0 Å². The third kappa shape index (κ3) is 6.11. The second-order valence-corrected chi connectivity index (χ2v) is 21.6. The van der Waals surface area contributed by atoms with Gasteiger partial charge in [-0.05, 0) is 0 Å². The molecule has 0 aliphatic rings. The first-order valence-electron chi connectivity index (χ1n) is 4.52. The van der Waals surface area contributed by atoms with Crippen molar-refractivity contribution in [3.8, 4) is 18.2 Å². The van der Waals surface area contributed by atoms with E-state index < -0.39 is 4.01 Å². The molecule has 0 radical (unpaired) electrons. The van der Waals surface area contributed by atoms with E-state index in [-0.39, 0.29) is 0 Å². The van der Waals surface area contributed by atoms with Crippen LogP contribution in [-0.4, -0.2) is 18.5 Å². The van der Waals surface area contributed by atoms with E-state index in [9.17, 15) is 0 Å². The van der Waals surface area contributed by atoms with Crippen LogP contribution in [0.1, 0.15) is 19.3 Å². The normalized spacial score (nSPS) is 12.9. The van der Waals surface area contributed by atoms with Gasteiger partial charge in [-0.25, -0.2) is 0 Å². The van der Waals surface area contributed by atoms with Gasteiger partial charge >= 0.3 is 107 Å². The van der Waals surface area contributed by atoms with Gasteiger partial charge in [0.05, 0.1) is 0 Å². The summed E-state index contributed by atoms with van der Waals surface area (Å²) in [5, 5.41) is 25.8. The number of hydrogen-bond donors (Lipinski definition) is 0. The van der Waals surface area contributed by atoms with Gasteiger partial charge in [0.1, 0.15) is 0 Å². The summed E-state index contributed by atoms with van der Waals surface area (Å²) in [6.45, 7) is 0. The van der Waals surface area contributed by atoms with E-state index in [2.05, 4.69) is 49.2 Å². The van der Waals surface area contributed by atoms with Crippen LogP contribution in [0.15, 0.2) is 0 Å². The summed E-state index contributed by atoms with van der Waals surface area (Å²) in [5.74, 6) is 0. The molecule has 0 aliphatic carbocycles. The summed E-state index contributed by atoms with van der Waals surface area (Å²) in [4.78, 5) is 0. The van der Waals surface area contributed by atoms with Crippen molar-refractivity contribution in [2.45, 2.75) is 19.3 Å². The van der Waals surface area contributed by atoms with Crippen molar-refractivity contribution in [2.75, 3.05) is 18.5 Å². The first kappa shape index (κ1) is 14.9. The average molecular weight is 353 g/mol. The van der Waals surface area contributed by atoms with E-state index in [1.54, 1.807) is 0 Å². The molecule has 0 unspecified atom stereocenters. The standard InChI is InChI=1S/C9H12Br2N3P/c10-15(11,7-1-4-12,8-2-5-13)9-3-6-14/h1-3,7-9H2. The second kappa shape index (κ2) is 6.44. The quantitative estimate of drug-likeness (QED) is 0.680. The molecule has 0 fully saturated rings. The van der Waals surface area contributed by atoms with E-state index in [0.29, 0.717) is 37.7 Å². The third-order valence-corrected chi connectivity index (χ3v) is 12.1. The monoisotopic (exact) mass is 351 g/mol. The number of nitriles is 3. The summed E-state index contributed by atoms with van der Waals surface area (Å²) < 4.78 is -2.33. The van der Waals surface area contributed by atoms with Crippen LogP contribution in [0.5, 0.6) is 0 Å². The van der Waals surface area contributed by atoms with Gasteiger partial charge in [-0.3, -0.25) is 0 Å². The molecule has 0 atom stereocenters. The van der Waals surface area contributed by atoms with Crippen LogP contribution in [0.25, 0.3) is 0 Å². The van der Waals surface area contributed by atoms with E-state index in [0.717, 1.165) is 0 Å². The van der Waals surface area contributed by atoms with Gasteiger partial charge in [0.25, 0.3) is 0 Å². The molecule has 82 valence electrons. The molecule has 0 aliphatic heterocycles. The molecule has 0 bridgehead atoms. The summed E-state index contributed by atoms with van der Waals surface area (Å²) >= 11 is 7.37. The van der Waals surface area contributed by atoms with Crippen LogP contribution in [-0.2, 0) is 0 Å². The number of hydrogen-bond acceptors (Lipinski definition) is 3. The first-order chi connectivity index (χ1) is 6.96. The number of halogens is 2. The van der Waals surface area contributed by atoms with Crippen molar-refractivity contribution in [3.05, 3.63) is 0 Å². The summed E-state index contributed by atoms with van der Waals surface area (Å²) in [6, 6.07) is 6.32. The summed E-state index contributed by atoms with van der Waals surface area (Å²) in [5.41, 5.74) is 0. The minimum absolute atomic E-state index is 0.450. The molecule has 6 heteroatoms. The zero-order valence-electron chi connectivity index (χ0n) is 8.29. The van der Waals surface area contributed by atoms with E-state index in [1.165, 1.54) is 0 Å². The number of rotatable bonds is 6. The van der Waals surface area contributed by atoms with Crippen molar-refractivity contribution in [1.29, 1.82) is 15.8 Å². The molecular formula is C9H12Br2N3P. The molecule has 0 aromatic carbocycles. The molecule has 0 N–H and O–H groups in total. The van der Waals surface area contributed by atoms with Crippen molar-refractivity contribution >= 4 is 35.0 Å². The molecular weight excluding hydrogens is 341 g/mol. The van der Waals surface area contributed by atoms with Crippen LogP contribution in [0, 0.1) is 34.0 Å². The molecule has 3 nitrogen and oxygen atoms in total. The Morgan fingerprint density at radius 3 is 1.20 bits per heavy atom. The van der Waals surface area contributed by atoms with Gasteiger partial charge in [0.2, 0.25) is 0 Å². The van der Waals surface area contributed by atoms with Gasteiger partial charge in [-0.2, -0.15) is 0 Å². The van der Waals surface area contributed by atoms with Crippen LogP contribution >= 0.6 is 35.0 Å². The Labute approximate surface area is 106 Å². The minimum atomic E-state index is -2.33. The average Bonchev–Trinajstić information content (AvgIpc) is 2.22.